The molecule has 4 heteroatoms. The standard InChI is InChI=1S/C14H21FN2O/c1-10-5-6-17(14(10)9-18)13-4-3-12(15)7-11(13)8-16-2/h3-4,7,10,14,16,18H,5-6,8-9H2,1-2H3. The van der Waals surface area contributed by atoms with E-state index >= 15 is 0 Å². The van der Waals surface area contributed by atoms with E-state index in [9.17, 15) is 9.50 Å². The van der Waals surface area contributed by atoms with Crippen molar-refractivity contribution in [1.82, 2.24) is 5.32 Å². The van der Waals surface area contributed by atoms with E-state index in [0.717, 1.165) is 24.2 Å². The van der Waals surface area contributed by atoms with Crippen molar-refractivity contribution in [3.05, 3.63) is 29.6 Å². The lowest BCUT2D eigenvalue weighted by atomic mass is 10.0. The molecule has 1 aromatic rings. The van der Waals surface area contributed by atoms with Crippen LogP contribution in [0.15, 0.2) is 18.2 Å². The number of anilines is 1. The third-order valence-electron chi connectivity index (χ3n) is 3.79. The van der Waals surface area contributed by atoms with Crippen LogP contribution in [0.1, 0.15) is 18.9 Å². The summed E-state index contributed by atoms with van der Waals surface area (Å²) in [5, 5.41) is 12.6. The molecule has 2 atom stereocenters. The summed E-state index contributed by atoms with van der Waals surface area (Å²) in [6.07, 6.45) is 1.07. The van der Waals surface area contributed by atoms with E-state index in [4.69, 9.17) is 0 Å². The highest BCUT2D eigenvalue weighted by molar-refractivity contribution is 5.55. The molecule has 0 aliphatic carbocycles. The Bertz CT molecular complexity index is 411. The van der Waals surface area contributed by atoms with Crippen LogP contribution >= 0.6 is 0 Å². The molecule has 1 fully saturated rings. The molecule has 3 nitrogen and oxygen atoms in total. The zero-order valence-electron chi connectivity index (χ0n) is 11.0. The van der Waals surface area contributed by atoms with Crippen LogP contribution in [-0.2, 0) is 6.54 Å². The molecule has 0 saturated carbocycles. The largest absolute Gasteiger partial charge is 0.394 e. The fourth-order valence-electron chi connectivity index (χ4n) is 2.75. The summed E-state index contributed by atoms with van der Waals surface area (Å²) in [4.78, 5) is 2.21. The molecular weight excluding hydrogens is 231 g/mol. The number of nitrogens with zero attached hydrogens (tertiary/aromatic N) is 1. The molecule has 2 rings (SSSR count). The maximum absolute atomic E-state index is 13.3. The number of halogens is 1. The molecule has 100 valence electrons. The quantitative estimate of drug-likeness (QED) is 0.857. The molecule has 0 amide bonds. The van der Waals surface area contributed by atoms with Crippen LogP contribution in [0.2, 0.25) is 0 Å². The van der Waals surface area contributed by atoms with Gasteiger partial charge in [-0.3, -0.25) is 0 Å². The highest BCUT2D eigenvalue weighted by Crippen LogP contribution is 2.32. The van der Waals surface area contributed by atoms with Gasteiger partial charge in [0.25, 0.3) is 0 Å². The van der Waals surface area contributed by atoms with Crippen molar-refractivity contribution in [3.8, 4) is 0 Å². The van der Waals surface area contributed by atoms with Crippen molar-refractivity contribution in [2.75, 3.05) is 25.1 Å². The highest BCUT2D eigenvalue weighted by Gasteiger charge is 2.31. The Morgan fingerprint density at radius 3 is 2.94 bits per heavy atom. The second kappa shape index (κ2) is 5.67. The van der Waals surface area contributed by atoms with Crippen molar-refractivity contribution < 1.29 is 9.50 Å². The number of benzene rings is 1. The molecule has 0 radical (unpaired) electrons. The van der Waals surface area contributed by atoms with Gasteiger partial charge in [-0.15, -0.1) is 0 Å². The van der Waals surface area contributed by atoms with Gasteiger partial charge in [0.1, 0.15) is 5.82 Å². The molecular formula is C14H21FN2O. The van der Waals surface area contributed by atoms with Crippen LogP contribution in [0.4, 0.5) is 10.1 Å². The molecule has 18 heavy (non-hydrogen) atoms. The molecule has 1 aliphatic rings. The first-order chi connectivity index (χ1) is 8.67. The van der Waals surface area contributed by atoms with E-state index in [2.05, 4.69) is 17.1 Å². The molecule has 1 aliphatic heterocycles. The molecule has 1 saturated heterocycles. The van der Waals surface area contributed by atoms with Crippen molar-refractivity contribution in [1.29, 1.82) is 0 Å². The number of aliphatic hydroxyl groups excluding tert-OH is 1. The van der Waals surface area contributed by atoms with Gasteiger partial charge in [-0.25, -0.2) is 4.39 Å². The van der Waals surface area contributed by atoms with Crippen molar-refractivity contribution in [3.63, 3.8) is 0 Å². The molecule has 2 unspecified atom stereocenters. The van der Waals surface area contributed by atoms with Gasteiger partial charge in [0, 0.05) is 18.8 Å². The van der Waals surface area contributed by atoms with E-state index in [-0.39, 0.29) is 18.5 Å². The van der Waals surface area contributed by atoms with E-state index < -0.39 is 0 Å². The van der Waals surface area contributed by atoms with E-state index in [1.165, 1.54) is 6.07 Å². The Labute approximate surface area is 108 Å². The molecule has 0 bridgehead atoms. The normalized spacial score (nSPS) is 23.7. The molecule has 1 heterocycles. The van der Waals surface area contributed by atoms with Gasteiger partial charge in [0.15, 0.2) is 0 Å². The Hall–Kier alpha value is -1.13. The SMILES string of the molecule is CNCc1cc(F)ccc1N1CCC(C)C1CO. The first kappa shape index (κ1) is 13.3. The van der Waals surface area contributed by atoms with Crippen LogP contribution in [0.25, 0.3) is 0 Å². The fraction of sp³-hybridized carbons (Fsp3) is 0.571. The number of hydrogen-bond acceptors (Lipinski definition) is 3. The van der Waals surface area contributed by atoms with Crippen LogP contribution in [0.3, 0.4) is 0 Å². The van der Waals surface area contributed by atoms with E-state index in [0.29, 0.717) is 12.5 Å². The number of aliphatic hydroxyl groups is 1. The van der Waals surface area contributed by atoms with Gasteiger partial charge in [-0.2, -0.15) is 0 Å². The zero-order chi connectivity index (χ0) is 13.1. The van der Waals surface area contributed by atoms with Gasteiger partial charge >= 0.3 is 0 Å². The summed E-state index contributed by atoms with van der Waals surface area (Å²) in [5.41, 5.74) is 1.99. The molecule has 0 spiro atoms. The Morgan fingerprint density at radius 1 is 1.50 bits per heavy atom. The minimum Gasteiger partial charge on any atom is -0.394 e. The first-order valence-electron chi connectivity index (χ1n) is 6.48. The zero-order valence-corrected chi connectivity index (χ0v) is 11.0. The Balaban J connectivity index is 2.32. The first-order valence-corrected chi connectivity index (χ1v) is 6.48. The third-order valence-corrected chi connectivity index (χ3v) is 3.79. The topological polar surface area (TPSA) is 35.5 Å². The second-order valence-electron chi connectivity index (χ2n) is 5.01. The van der Waals surface area contributed by atoms with Crippen LogP contribution in [0.5, 0.6) is 0 Å². The Kier molecular flexibility index (Phi) is 4.19. The average molecular weight is 252 g/mol. The van der Waals surface area contributed by atoms with Crippen molar-refractivity contribution in [2.45, 2.75) is 25.9 Å². The lowest BCUT2D eigenvalue weighted by Gasteiger charge is -2.29. The predicted octanol–water partition coefficient (Wildman–Crippen LogP) is 1.75. The van der Waals surface area contributed by atoms with Gasteiger partial charge in [0.2, 0.25) is 0 Å². The number of hydrogen-bond donors (Lipinski definition) is 2. The highest BCUT2D eigenvalue weighted by atomic mass is 19.1. The summed E-state index contributed by atoms with van der Waals surface area (Å²) in [6.45, 7) is 3.87. The van der Waals surface area contributed by atoms with Gasteiger partial charge in [-0.05, 0) is 43.1 Å². The van der Waals surface area contributed by atoms with E-state index in [1.807, 2.05) is 13.1 Å². The van der Waals surface area contributed by atoms with E-state index in [1.54, 1.807) is 6.07 Å². The second-order valence-corrected chi connectivity index (χ2v) is 5.01. The summed E-state index contributed by atoms with van der Waals surface area (Å²) < 4.78 is 13.3. The number of nitrogens with one attached hydrogen (secondary N) is 1. The van der Waals surface area contributed by atoms with Crippen molar-refractivity contribution in [2.24, 2.45) is 5.92 Å². The van der Waals surface area contributed by atoms with Crippen LogP contribution in [0, 0.1) is 11.7 Å². The molecule has 2 N–H and O–H groups in total. The third kappa shape index (κ3) is 2.49. The average Bonchev–Trinajstić information content (AvgIpc) is 2.71. The molecule has 0 aromatic heterocycles. The van der Waals surface area contributed by atoms with Crippen LogP contribution in [-0.4, -0.2) is 31.3 Å². The lowest BCUT2D eigenvalue weighted by molar-refractivity contribution is 0.244. The molecule has 1 aromatic carbocycles. The summed E-state index contributed by atoms with van der Waals surface area (Å²) in [5.74, 6) is 0.263. The fourth-order valence-corrected chi connectivity index (χ4v) is 2.75. The minimum atomic E-state index is -0.211. The van der Waals surface area contributed by atoms with Gasteiger partial charge < -0.3 is 15.3 Å². The number of rotatable bonds is 4. The van der Waals surface area contributed by atoms with Crippen molar-refractivity contribution >= 4 is 5.69 Å². The Morgan fingerprint density at radius 2 is 2.28 bits per heavy atom. The smallest absolute Gasteiger partial charge is 0.123 e. The summed E-state index contributed by atoms with van der Waals surface area (Å²) in [6, 6.07) is 5.03. The summed E-state index contributed by atoms with van der Waals surface area (Å²) >= 11 is 0. The van der Waals surface area contributed by atoms with Gasteiger partial charge in [0.05, 0.1) is 12.6 Å². The minimum absolute atomic E-state index is 0.145. The predicted molar refractivity (Wildman–Crippen MR) is 71.2 cm³/mol. The van der Waals surface area contributed by atoms with Crippen LogP contribution < -0.4 is 10.2 Å². The maximum Gasteiger partial charge on any atom is 0.123 e. The van der Waals surface area contributed by atoms with Gasteiger partial charge in [-0.1, -0.05) is 6.92 Å². The summed E-state index contributed by atoms with van der Waals surface area (Å²) in [7, 11) is 1.85. The monoisotopic (exact) mass is 252 g/mol. The lowest BCUT2D eigenvalue weighted by Crippen LogP contribution is -2.36. The maximum atomic E-state index is 13.3.